The van der Waals surface area contributed by atoms with Gasteiger partial charge < -0.3 is 14.5 Å². The molecule has 1 aromatic heterocycles. The number of carbonyl (C=O) groups is 1. The van der Waals surface area contributed by atoms with E-state index in [2.05, 4.69) is 41.0 Å². The molecule has 0 N–H and O–H groups in total. The van der Waals surface area contributed by atoms with Crippen LogP contribution in [0.5, 0.6) is 0 Å². The van der Waals surface area contributed by atoms with Crippen LogP contribution in [0.2, 0.25) is 0 Å². The summed E-state index contributed by atoms with van der Waals surface area (Å²) >= 11 is 0. The maximum absolute atomic E-state index is 14.4. The number of hydrogen-bond donors (Lipinski definition) is 0. The Kier molecular flexibility index (Phi) is 7.39. The van der Waals surface area contributed by atoms with Gasteiger partial charge >= 0.3 is 6.18 Å². The van der Waals surface area contributed by atoms with E-state index in [0.717, 1.165) is 30.9 Å². The lowest BCUT2D eigenvalue weighted by Gasteiger charge is -2.42. The average molecular weight is 583 g/mol. The Morgan fingerprint density at radius 3 is 2.57 bits per heavy atom. The predicted octanol–water partition coefficient (Wildman–Crippen LogP) is 4.51. The highest BCUT2D eigenvalue weighted by Gasteiger charge is 2.43. The van der Waals surface area contributed by atoms with E-state index in [1.165, 1.54) is 11.0 Å². The molecule has 2 fully saturated rings. The molecule has 6 rings (SSSR count). The fraction of sp³-hybridized carbons (Fsp3) is 0.516. The second-order valence-corrected chi connectivity index (χ2v) is 12.5. The van der Waals surface area contributed by atoms with Gasteiger partial charge in [0.25, 0.3) is 5.91 Å². The van der Waals surface area contributed by atoms with Crippen LogP contribution in [-0.4, -0.2) is 76.6 Å². The van der Waals surface area contributed by atoms with Crippen LogP contribution in [0.4, 0.5) is 18.9 Å². The molecule has 1 atom stereocenters. The SMILES string of the molecule is Cc1cnnn1CC1(c2cccc(N3Cc4c(cc(CN5CCN(C)C[C@@H]5C(C)C)cc4C(F)(F)F)C3=O)c2)COC1. The van der Waals surface area contributed by atoms with Crippen molar-refractivity contribution in [3.8, 4) is 0 Å². The van der Waals surface area contributed by atoms with Crippen molar-refractivity contribution < 1.29 is 22.7 Å². The minimum Gasteiger partial charge on any atom is -0.379 e. The number of aromatic nitrogens is 3. The summed E-state index contributed by atoms with van der Waals surface area (Å²) in [6.07, 6.45) is -2.87. The van der Waals surface area contributed by atoms with Gasteiger partial charge in [0.2, 0.25) is 0 Å². The van der Waals surface area contributed by atoms with Crippen LogP contribution in [0.25, 0.3) is 0 Å². The highest BCUT2D eigenvalue weighted by molar-refractivity contribution is 6.10. The van der Waals surface area contributed by atoms with E-state index in [1.807, 2.05) is 29.8 Å². The maximum atomic E-state index is 14.4. The molecule has 0 spiro atoms. The topological polar surface area (TPSA) is 66.7 Å². The number of likely N-dealkylation sites (N-methyl/N-ethyl adjacent to an activating group) is 1. The van der Waals surface area contributed by atoms with Gasteiger partial charge in [0.15, 0.2) is 0 Å². The number of anilines is 1. The van der Waals surface area contributed by atoms with Crippen molar-refractivity contribution in [2.75, 3.05) is 44.8 Å². The molecule has 4 heterocycles. The van der Waals surface area contributed by atoms with Crippen molar-refractivity contribution in [1.29, 1.82) is 0 Å². The summed E-state index contributed by atoms with van der Waals surface area (Å²) in [7, 11) is 2.07. The van der Waals surface area contributed by atoms with Gasteiger partial charge in [-0.25, -0.2) is 4.68 Å². The molecular formula is C31H37F3N6O2. The summed E-state index contributed by atoms with van der Waals surface area (Å²) in [4.78, 5) is 19.8. The fourth-order valence-corrected chi connectivity index (χ4v) is 6.53. The predicted molar refractivity (Wildman–Crippen MR) is 152 cm³/mol. The minimum absolute atomic E-state index is 0.0420. The maximum Gasteiger partial charge on any atom is 0.416 e. The Morgan fingerprint density at radius 1 is 1.14 bits per heavy atom. The molecule has 0 radical (unpaired) electrons. The number of halogens is 3. The van der Waals surface area contributed by atoms with Crippen molar-refractivity contribution in [2.24, 2.45) is 5.92 Å². The Morgan fingerprint density at radius 2 is 1.93 bits per heavy atom. The van der Waals surface area contributed by atoms with Gasteiger partial charge in [-0.3, -0.25) is 9.69 Å². The van der Waals surface area contributed by atoms with E-state index >= 15 is 0 Å². The number of ether oxygens (including phenoxy) is 1. The normalized spacial score (nSPS) is 21.2. The number of fused-ring (bicyclic) bond motifs is 1. The van der Waals surface area contributed by atoms with Crippen LogP contribution in [0, 0.1) is 12.8 Å². The number of piperazine rings is 1. The summed E-state index contributed by atoms with van der Waals surface area (Å²) in [6.45, 7) is 10.5. The molecule has 2 saturated heterocycles. The van der Waals surface area contributed by atoms with Gasteiger partial charge in [0.1, 0.15) is 0 Å². The minimum atomic E-state index is -4.57. The third kappa shape index (κ3) is 5.22. The summed E-state index contributed by atoms with van der Waals surface area (Å²) < 4.78 is 50.7. The molecule has 3 aliphatic heterocycles. The monoisotopic (exact) mass is 582 g/mol. The van der Waals surface area contributed by atoms with Gasteiger partial charge in [0, 0.05) is 43.5 Å². The Balaban J connectivity index is 1.31. The second-order valence-electron chi connectivity index (χ2n) is 12.5. The first kappa shape index (κ1) is 28.8. The summed E-state index contributed by atoms with van der Waals surface area (Å²) in [6, 6.07) is 10.7. The zero-order valence-electron chi connectivity index (χ0n) is 24.5. The molecule has 42 heavy (non-hydrogen) atoms. The first-order valence-electron chi connectivity index (χ1n) is 14.5. The van der Waals surface area contributed by atoms with E-state index in [9.17, 15) is 18.0 Å². The van der Waals surface area contributed by atoms with E-state index in [0.29, 0.717) is 43.5 Å². The van der Waals surface area contributed by atoms with Crippen molar-refractivity contribution in [3.05, 3.63) is 76.1 Å². The molecule has 11 heteroatoms. The Labute approximate surface area is 244 Å². The Bertz CT molecular complexity index is 1480. The molecule has 3 aliphatic rings. The zero-order chi connectivity index (χ0) is 29.8. The molecule has 0 saturated carbocycles. The molecule has 1 amide bonds. The zero-order valence-corrected chi connectivity index (χ0v) is 24.5. The smallest absolute Gasteiger partial charge is 0.379 e. The molecule has 0 unspecified atom stereocenters. The lowest BCUT2D eigenvalue weighted by molar-refractivity contribution is -0.138. The standard InChI is InChI=1S/C31H37F3N6O2/c1-20(2)28-16-37(4)8-9-38(28)14-22-10-25-26(27(11-22)31(32,33)34)15-39(29(25)41)24-7-5-6-23(12-24)30(18-42-19-30)17-40-21(3)13-35-36-40/h5-7,10-13,20,28H,8-9,14-19H2,1-4H3/t28-/m1/s1. The quantitative estimate of drug-likeness (QED) is 0.409. The summed E-state index contributed by atoms with van der Waals surface area (Å²) in [5.74, 6) is -0.0502. The number of nitrogens with zero attached hydrogens (tertiary/aromatic N) is 6. The molecule has 0 bridgehead atoms. The van der Waals surface area contributed by atoms with Gasteiger partial charge in [-0.05, 0) is 60.8 Å². The molecule has 224 valence electrons. The summed E-state index contributed by atoms with van der Waals surface area (Å²) in [5.41, 5.74) is 2.08. The number of alkyl halides is 3. The number of amides is 1. The molecule has 8 nitrogen and oxygen atoms in total. The van der Waals surface area contributed by atoms with Gasteiger partial charge in [-0.1, -0.05) is 31.2 Å². The lowest BCUT2D eigenvalue weighted by Crippen LogP contribution is -2.53. The van der Waals surface area contributed by atoms with E-state index < -0.39 is 17.6 Å². The molecule has 3 aromatic rings. The number of rotatable bonds is 7. The van der Waals surface area contributed by atoms with E-state index in [1.54, 1.807) is 18.3 Å². The summed E-state index contributed by atoms with van der Waals surface area (Å²) in [5, 5.41) is 8.16. The van der Waals surface area contributed by atoms with Gasteiger partial charge in [-0.2, -0.15) is 13.2 Å². The van der Waals surface area contributed by atoms with Crippen LogP contribution in [0.1, 0.15) is 52.2 Å². The number of carbonyl (C=O) groups excluding carboxylic acids is 1. The van der Waals surface area contributed by atoms with Crippen LogP contribution in [-0.2, 0) is 36.0 Å². The number of aryl methyl sites for hydroxylation is 1. The Hall–Kier alpha value is -3.28. The van der Waals surface area contributed by atoms with Crippen molar-refractivity contribution >= 4 is 11.6 Å². The largest absolute Gasteiger partial charge is 0.416 e. The van der Waals surface area contributed by atoms with E-state index in [-0.39, 0.29) is 29.1 Å². The van der Waals surface area contributed by atoms with Crippen molar-refractivity contribution in [2.45, 2.75) is 58.0 Å². The van der Waals surface area contributed by atoms with Crippen molar-refractivity contribution in [3.63, 3.8) is 0 Å². The number of benzene rings is 2. The van der Waals surface area contributed by atoms with Gasteiger partial charge in [-0.15, -0.1) is 5.10 Å². The second kappa shape index (κ2) is 10.8. The molecule has 2 aromatic carbocycles. The number of hydrogen-bond acceptors (Lipinski definition) is 6. The third-order valence-electron chi connectivity index (χ3n) is 9.09. The lowest BCUT2D eigenvalue weighted by atomic mass is 9.78. The molecular weight excluding hydrogens is 545 g/mol. The highest BCUT2D eigenvalue weighted by atomic mass is 19.4. The van der Waals surface area contributed by atoms with Crippen molar-refractivity contribution in [1.82, 2.24) is 24.8 Å². The van der Waals surface area contributed by atoms with E-state index in [4.69, 9.17) is 4.74 Å². The first-order chi connectivity index (χ1) is 19.9. The van der Waals surface area contributed by atoms with Crippen LogP contribution >= 0.6 is 0 Å². The molecule has 0 aliphatic carbocycles. The third-order valence-corrected chi connectivity index (χ3v) is 9.09. The average Bonchev–Trinajstić information content (AvgIpc) is 3.48. The van der Waals surface area contributed by atoms with Crippen LogP contribution in [0.3, 0.4) is 0 Å². The first-order valence-corrected chi connectivity index (χ1v) is 14.5. The van der Waals surface area contributed by atoms with Crippen LogP contribution < -0.4 is 4.90 Å². The van der Waals surface area contributed by atoms with Crippen LogP contribution in [0.15, 0.2) is 42.6 Å². The fourth-order valence-electron chi connectivity index (χ4n) is 6.53. The highest BCUT2D eigenvalue weighted by Crippen LogP contribution is 2.41. The van der Waals surface area contributed by atoms with Gasteiger partial charge in [0.05, 0.1) is 49.2 Å².